The second kappa shape index (κ2) is 5.40. The van der Waals surface area contributed by atoms with Gasteiger partial charge in [0, 0.05) is 6.54 Å². The van der Waals surface area contributed by atoms with Gasteiger partial charge in [-0.25, -0.2) is 4.39 Å². The number of rotatable bonds is 5. The highest BCUT2D eigenvalue weighted by atomic mass is 19.1. The molecule has 0 aromatic heterocycles. The van der Waals surface area contributed by atoms with Crippen molar-refractivity contribution in [3.05, 3.63) is 42.2 Å². The van der Waals surface area contributed by atoms with Crippen molar-refractivity contribution in [2.45, 2.75) is 0 Å². The lowest BCUT2D eigenvalue weighted by Gasteiger charge is -2.07. The summed E-state index contributed by atoms with van der Waals surface area (Å²) in [6.07, 6.45) is 0. The van der Waals surface area contributed by atoms with E-state index in [-0.39, 0.29) is 5.82 Å². The Bertz CT molecular complexity index is 295. The molecule has 2 nitrogen and oxygen atoms in total. The number of likely N-dealkylation sites (N-methyl/N-ethyl adjacent to an activating group) is 1. The summed E-state index contributed by atoms with van der Waals surface area (Å²) < 4.78 is 17.9. The van der Waals surface area contributed by atoms with E-state index in [9.17, 15) is 4.39 Å². The molecular weight excluding hydrogens is 181 g/mol. The van der Waals surface area contributed by atoms with Crippen LogP contribution >= 0.6 is 0 Å². The first-order valence-electron chi connectivity index (χ1n) is 4.42. The number of nitrogens with one attached hydrogen (secondary N) is 1. The highest BCUT2D eigenvalue weighted by Crippen LogP contribution is 2.11. The third kappa shape index (κ3) is 3.58. The van der Waals surface area contributed by atoms with Crippen LogP contribution in [-0.2, 0) is 0 Å². The molecule has 0 heterocycles. The fourth-order valence-corrected chi connectivity index (χ4v) is 1.02. The molecule has 0 spiro atoms. The monoisotopic (exact) mass is 195 g/mol. The lowest BCUT2D eigenvalue weighted by molar-refractivity contribution is 0.348. The molecule has 0 aliphatic heterocycles. The summed E-state index contributed by atoms with van der Waals surface area (Å²) in [5.41, 5.74) is 0.955. The normalized spacial score (nSPS) is 9.86. The summed E-state index contributed by atoms with van der Waals surface area (Å²) in [4.78, 5) is 0. The van der Waals surface area contributed by atoms with Gasteiger partial charge in [-0.05, 0) is 36.9 Å². The summed E-state index contributed by atoms with van der Waals surface area (Å²) >= 11 is 0. The molecule has 0 bridgehead atoms. The highest BCUT2D eigenvalue weighted by molar-refractivity contribution is 5.22. The SMILES string of the molecule is C=C(CNC)COc1ccc(F)cc1. The van der Waals surface area contributed by atoms with E-state index in [0.29, 0.717) is 12.4 Å². The largest absolute Gasteiger partial charge is 0.489 e. The molecule has 0 saturated carbocycles. The topological polar surface area (TPSA) is 21.3 Å². The molecule has 1 rings (SSSR count). The molecule has 0 radical (unpaired) electrons. The average molecular weight is 195 g/mol. The molecular formula is C11H14FNO. The number of hydrogen-bond acceptors (Lipinski definition) is 2. The summed E-state index contributed by atoms with van der Waals surface area (Å²) in [7, 11) is 1.85. The van der Waals surface area contributed by atoms with Gasteiger partial charge in [0.25, 0.3) is 0 Å². The molecule has 0 amide bonds. The van der Waals surface area contributed by atoms with Gasteiger partial charge in [0.15, 0.2) is 0 Å². The van der Waals surface area contributed by atoms with Crippen molar-refractivity contribution in [3.63, 3.8) is 0 Å². The first kappa shape index (κ1) is 10.7. The van der Waals surface area contributed by atoms with Crippen molar-refractivity contribution >= 4 is 0 Å². The van der Waals surface area contributed by atoms with E-state index in [1.165, 1.54) is 12.1 Å². The van der Waals surface area contributed by atoms with E-state index < -0.39 is 0 Å². The molecule has 14 heavy (non-hydrogen) atoms. The van der Waals surface area contributed by atoms with Crippen LogP contribution in [0, 0.1) is 5.82 Å². The van der Waals surface area contributed by atoms with Crippen LogP contribution < -0.4 is 10.1 Å². The Balaban J connectivity index is 2.38. The van der Waals surface area contributed by atoms with Gasteiger partial charge >= 0.3 is 0 Å². The van der Waals surface area contributed by atoms with E-state index in [0.717, 1.165) is 12.1 Å². The average Bonchev–Trinajstić information content (AvgIpc) is 2.17. The number of ether oxygens (including phenoxy) is 1. The fraction of sp³-hybridized carbons (Fsp3) is 0.273. The van der Waals surface area contributed by atoms with Gasteiger partial charge in [0.1, 0.15) is 18.2 Å². The van der Waals surface area contributed by atoms with E-state index in [2.05, 4.69) is 11.9 Å². The Morgan fingerprint density at radius 1 is 1.43 bits per heavy atom. The van der Waals surface area contributed by atoms with Crippen LogP contribution in [0.15, 0.2) is 36.4 Å². The molecule has 0 aliphatic rings. The van der Waals surface area contributed by atoms with Crippen LogP contribution in [0.1, 0.15) is 0 Å². The van der Waals surface area contributed by atoms with Crippen molar-refractivity contribution in [1.29, 1.82) is 0 Å². The van der Waals surface area contributed by atoms with E-state index in [4.69, 9.17) is 4.74 Å². The highest BCUT2D eigenvalue weighted by Gasteiger charge is 1.96. The van der Waals surface area contributed by atoms with Gasteiger partial charge in [0.2, 0.25) is 0 Å². The first-order chi connectivity index (χ1) is 6.72. The van der Waals surface area contributed by atoms with Gasteiger partial charge in [-0.3, -0.25) is 0 Å². The van der Waals surface area contributed by atoms with Gasteiger partial charge in [-0.1, -0.05) is 6.58 Å². The second-order valence-corrected chi connectivity index (χ2v) is 3.02. The Morgan fingerprint density at radius 2 is 2.07 bits per heavy atom. The van der Waals surface area contributed by atoms with Crippen molar-refractivity contribution in [1.82, 2.24) is 5.32 Å². The molecule has 1 aromatic rings. The van der Waals surface area contributed by atoms with Crippen LogP contribution in [0.4, 0.5) is 4.39 Å². The van der Waals surface area contributed by atoms with E-state index in [1.807, 2.05) is 7.05 Å². The van der Waals surface area contributed by atoms with Gasteiger partial charge in [-0.2, -0.15) is 0 Å². The van der Waals surface area contributed by atoms with Crippen LogP contribution in [0.3, 0.4) is 0 Å². The molecule has 0 atom stereocenters. The number of hydrogen-bond donors (Lipinski definition) is 1. The summed E-state index contributed by atoms with van der Waals surface area (Å²) in [6, 6.07) is 5.94. The Labute approximate surface area is 83.4 Å². The Hall–Kier alpha value is -1.35. The third-order valence-electron chi connectivity index (χ3n) is 1.68. The minimum absolute atomic E-state index is 0.258. The van der Waals surface area contributed by atoms with Gasteiger partial charge in [-0.15, -0.1) is 0 Å². The van der Waals surface area contributed by atoms with Crippen LogP contribution in [0.5, 0.6) is 5.75 Å². The van der Waals surface area contributed by atoms with Crippen LogP contribution in [0.2, 0.25) is 0 Å². The maximum Gasteiger partial charge on any atom is 0.123 e. The molecule has 3 heteroatoms. The maximum atomic E-state index is 12.5. The Kier molecular flexibility index (Phi) is 4.13. The zero-order valence-electron chi connectivity index (χ0n) is 8.22. The van der Waals surface area contributed by atoms with Gasteiger partial charge in [0.05, 0.1) is 0 Å². The minimum atomic E-state index is -0.258. The summed E-state index contributed by atoms with van der Waals surface area (Å²) in [6.45, 7) is 4.99. The lowest BCUT2D eigenvalue weighted by Crippen LogP contribution is -2.14. The molecule has 1 N–H and O–H groups in total. The fourth-order valence-electron chi connectivity index (χ4n) is 1.02. The zero-order valence-corrected chi connectivity index (χ0v) is 8.22. The molecule has 0 unspecified atom stereocenters. The predicted molar refractivity (Wildman–Crippen MR) is 55.0 cm³/mol. The van der Waals surface area contributed by atoms with Crippen molar-refractivity contribution in [3.8, 4) is 5.75 Å². The lowest BCUT2D eigenvalue weighted by atomic mass is 10.3. The molecule has 76 valence electrons. The van der Waals surface area contributed by atoms with E-state index in [1.54, 1.807) is 12.1 Å². The third-order valence-corrected chi connectivity index (χ3v) is 1.68. The van der Waals surface area contributed by atoms with Crippen LogP contribution in [-0.4, -0.2) is 20.2 Å². The summed E-state index contributed by atoms with van der Waals surface area (Å²) in [5.74, 6) is 0.398. The standard InChI is InChI=1S/C11H14FNO/c1-9(7-13-2)8-14-11-5-3-10(12)4-6-11/h3-6,13H,1,7-8H2,2H3. The molecule has 1 aromatic carbocycles. The molecule has 0 saturated heterocycles. The zero-order chi connectivity index (χ0) is 10.4. The Morgan fingerprint density at radius 3 is 2.64 bits per heavy atom. The predicted octanol–water partition coefficient (Wildman–Crippen LogP) is 1.98. The molecule has 0 aliphatic carbocycles. The quantitative estimate of drug-likeness (QED) is 0.725. The molecule has 0 fully saturated rings. The summed E-state index contributed by atoms with van der Waals surface area (Å²) in [5, 5.41) is 2.97. The van der Waals surface area contributed by atoms with Crippen molar-refractivity contribution < 1.29 is 9.13 Å². The maximum absolute atomic E-state index is 12.5. The van der Waals surface area contributed by atoms with Crippen molar-refractivity contribution in [2.75, 3.05) is 20.2 Å². The first-order valence-corrected chi connectivity index (χ1v) is 4.42. The van der Waals surface area contributed by atoms with Crippen molar-refractivity contribution in [2.24, 2.45) is 0 Å². The van der Waals surface area contributed by atoms with Crippen LogP contribution in [0.25, 0.3) is 0 Å². The number of benzene rings is 1. The van der Waals surface area contributed by atoms with E-state index >= 15 is 0 Å². The van der Waals surface area contributed by atoms with Gasteiger partial charge < -0.3 is 10.1 Å². The number of halogens is 1. The minimum Gasteiger partial charge on any atom is -0.489 e. The smallest absolute Gasteiger partial charge is 0.123 e. The second-order valence-electron chi connectivity index (χ2n) is 3.02.